The van der Waals surface area contributed by atoms with E-state index >= 15 is 0 Å². The average molecular weight is 477 g/mol. The number of aromatic nitrogens is 2. The molecule has 8 nitrogen and oxygen atoms in total. The van der Waals surface area contributed by atoms with Crippen LogP contribution >= 0.6 is 0 Å². The van der Waals surface area contributed by atoms with E-state index in [0.717, 1.165) is 56.1 Å². The minimum absolute atomic E-state index is 0.223. The number of anilines is 1. The molecule has 1 aromatic heterocycles. The molecule has 3 heterocycles. The van der Waals surface area contributed by atoms with Gasteiger partial charge in [-0.3, -0.25) is 0 Å². The molecule has 2 aromatic rings. The van der Waals surface area contributed by atoms with Crippen molar-refractivity contribution >= 4 is 11.9 Å². The summed E-state index contributed by atoms with van der Waals surface area (Å²) in [6.07, 6.45) is 3.93. The standard InChI is InChI=1S/C27H36N6O2/c1-27(2,3)35-26(34)33-11-9-22(10-12-33)21-7-5-20(6-8-21)17-23-24(18-28)29-19-25(30-23)32-15-13-31(4)14-16-32/h5-8,19,22H,9-17H2,1-4H3. The number of benzene rings is 1. The number of likely N-dealkylation sites (tertiary alicyclic amines) is 1. The number of rotatable bonds is 4. The lowest BCUT2D eigenvalue weighted by Gasteiger charge is -2.33. The smallest absolute Gasteiger partial charge is 0.410 e. The van der Waals surface area contributed by atoms with Gasteiger partial charge in [0.1, 0.15) is 17.5 Å². The summed E-state index contributed by atoms with van der Waals surface area (Å²) in [6.45, 7) is 10.9. The highest BCUT2D eigenvalue weighted by Crippen LogP contribution is 2.29. The topological polar surface area (TPSA) is 85.6 Å². The second-order valence-electron chi connectivity index (χ2n) is 10.6. The maximum absolute atomic E-state index is 12.3. The SMILES string of the molecule is CN1CCN(c2cnc(C#N)c(Cc3ccc(C4CCN(C(=O)OC(C)(C)C)CC4)cc3)n2)CC1. The van der Waals surface area contributed by atoms with E-state index in [1.54, 1.807) is 6.20 Å². The molecule has 186 valence electrons. The van der Waals surface area contributed by atoms with Crippen molar-refractivity contribution < 1.29 is 9.53 Å². The number of hydrogen-bond acceptors (Lipinski definition) is 7. The molecule has 0 saturated carbocycles. The number of ether oxygens (including phenoxy) is 1. The van der Waals surface area contributed by atoms with Crippen LogP contribution in [0.3, 0.4) is 0 Å². The van der Waals surface area contributed by atoms with Crippen molar-refractivity contribution in [2.45, 2.75) is 51.6 Å². The first-order valence-electron chi connectivity index (χ1n) is 12.5. The molecule has 1 amide bonds. The van der Waals surface area contributed by atoms with Crippen LogP contribution in [0.15, 0.2) is 30.5 Å². The molecule has 0 aliphatic carbocycles. The molecule has 0 radical (unpaired) electrons. The molecule has 35 heavy (non-hydrogen) atoms. The summed E-state index contributed by atoms with van der Waals surface area (Å²) in [7, 11) is 2.13. The lowest BCUT2D eigenvalue weighted by atomic mass is 9.89. The minimum atomic E-state index is -0.469. The fraction of sp³-hybridized carbons (Fsp3) is 0.556. The predicted octanol–water partition coefficient (Wildman–Crippen LogP) is 3.81. The van der Waals surface area contributed by atoms with Crippen LogP contribution in [0.5, 0.6) is 0 Å². The maximum atomic E-state index is 12.3. The zero-order valence-electron chi connectivity index (χ0n) is 21.3. The van der Waals surface area contributed by atoms with E-state index in [9.17, 15) is 10.1 Å². The fourth-order valence-corrected chi connectivity index (χ4v) is 4.64. The van der Waals surface area contributed by atoms with Crippen molar-refractivity contribution in [3.63, 3.8) is 0 Å². The van der Waals surface area contributed by atoms with Gasteiger partial charge in [-0.1, -0.05) is 24.3 Å². The predicted molar refractivity (Wildman–Crippen MR) is 135 cm³/mol. The van der Waals surface area contributed by atoms with Gasteiger partial charge in [0.25, 0.3) is 0 Å². The summed E-state index contributed by atoms with van der Waals surface area (Å²) in [5.74, 6) is 1.28. The summed E-state index contributed by atoms with van der Waals surface area (Å²) >= 11 is 0. The first-order chi connectivity index (χ1) is 16.7. The Bertz CT molecular complexity index is 1060. The molecule has 4 rings (SSSR count). The second kappa shape index (κ2) is 10.6. The summed E-state index contributed by atoms with van der Waals surface area (Å²) < 4.78 is 5.51. The van der Waals surface area contributed by atoms with Gasteiger partial charge in [0.2, 0.25) is 0 Å². The van der Waals surface area contributed by atoms with Crippen molar-refractivity contribution in [1.82, 2.24) is 19.8 Å². The first kappa shape index (κ1) is 24.9. The number of nitriles is 1. The Labute approximate surface area is 208 Å². The van der Waals surface area contributed by atoms with E-state index in [1.165, 1.54) is 5.56 Å². The fourth-order valence-electron chi connectivity index (χ4n) is 4.64. The van der Waals surface area contributed by atoms with E-state index < -0.39 is 5.60 Å². The molecule has 2 saturated heterocycles. The van der Waals surface area contributed by atoms with Crippen LogP contribution in [0.4, 0.5) is 10.6 Å². The Morgan fingerprint density at radius 3 is 2.34 bits per heavy atom. The normalized spacial score (nSPS) is 17.8. The summed E-state index contributed by atoms with van der Waals surface area (Å²) in [5.41, 5.74) is 3.05. The third-order valence-electron chi connectivity index (χ3n) is 6.73. The molecule has 1 aromatic carbocycles. The first-order valence-corrected chi connectivity index (χ1v) is 12.5. The zero-order chi connectivity index (χ0) is 25.0. The number of nitrogens with zero attached hydrogens (tertiary/aromatic N) is 6. The summed E-state index contributed by atoms with van der Waals surface area (Å²) in [5, 5.41) is 9.56. The van der Waals surface area contributed by atoms with Crippen LogP contribution in [0.2, 0.25) is 0 Å². The molecular weight excluding hydrogens is 440 g/mol. The van der Waals surface area contributed by atoms with Crippen molar-refractivity contribution in [1.29, 1.82) is 5.26 Å². The van der Waals surface area contributed by atoms with Gasteiger partial charge < -0.3 is 19.4 Å². The average Bonchev–Trinajstić information content (AvgIpc) is 2.84. The van der Waals surface area contributed by atoms with Gasteiger partial charge >= 0.3 is 6.09 Å². The van der Waals surface area contributed by atoms with Gasteiger partial charge in [-0.25, -0.2) is 14.8 Å². The van der Waals surface area contributed by atoms with Gasteiger partial charge in [0.05, 0.1) is 11.9 Å². The molecule has 0 bridgehead atoms. The van der Waals surface area contributed by atoms with Crippen molar-refractivity contribution in [2.75, 3.05) is 51.2 Å². The monoisotopic (exact) mass is 476 g/mol. The van der Waals surface area contributed by atoms with Gasteiger partial charge in [0, 0.05) is 45.7 Å². The highest BCUT2D eigenvalue weighted by Gasteiger charge is 2.27. The number of carbonyl (C=O) groups excluding carboxylic acids is 1. The van der Waals surface area contributed by atoms with Crippen LogP contribution in [0.25, 0.3) is 0 Å². The Hall–Kier alpha value is -3.18. The quantitative estimate of drug-likeness (QED) is 0.663. The number of piperazine rings is 1. The number of carbonyl (C=O) groups is 1. The van der Waals surface area contributed by atoms with E-state index in [0.29, 0.717) is 31.1 Å². The third-order valence-corrected chi connectivity index (χ3v) is 6.73. The Morgan fingerprint density at radius 1 is 1.09 bits per heavy atom. The molecule has 0 atom stereocenters. The molecule has 0 spiro atoms. The van der Waals surface area contributed by atoms with Crippen LogP contribution in [0.1, 0.15) is 62.0 Å². The van der Waals surface area contributed by atoms with Gasteiger partial charge in [-0.2, -0.15) is 5.26 Å². The lowest BCUT2D eigenvalue weighted by Crippen LogP contribution is -2.45. The van der Waals surface area contributed by atoms with E-state index in [-0.39, 0.29) is 6.09 Å². The Balaban J connectivity index is 1.38. The van der Waals surface area contributed by atoms with E-state index in [4.69, 9.17) is 9.72 Å². The maximum Gasteiger partial charge on any atom is 0.410 e. The number of likely N-dealkylation sites (N-methyl/N-ethyl adjacent to an activating group) is 1. The number of piperidine rings is 1. The van der Waals surface area contributed by atoms with Crippen LogP contribution in [-0.2, 0) is 11.2 Å². The van der Waals surface area contributed by atoms with Crippen LogP contribution in [-0.4, -0.2) is 77.8 Å². The van der Waals surface area contributed by atoms with Crippen LogP contribution in [0, 0.1) is 11.3 Å². The van der Waals surface area contributed by atoms with Gasteiger partial charge in [-0.15, -0.1) is 0 Å². The van der Waals surface area contributed by atoms with Crippen molar-refractivity contribution in [2.24, 2.45) is 0 Å². The van der Waals surface area contributed by atoms with Gasteiger partial charge in [0.15, 0.2) is 5.69 Å². The van der Waals surface area contributed by atoms with Gasteiger partial charge in [-0.05, 0) is 57.7 Å². The molecule has 2 aliphatic heterocycles. The number of hydrogen-bond donors (Lipinski definition) is 0. The summed E-state index contributed by atoms with van der Waals surface area (Å²) in [4.78, 5) is 27.9. The van der Waals surface area contributed by atoms with Crippen molar-refractivity contribution in [3.05, 3.63) is 53.0 Å². The second-order valence-corrected chi connectivity index (χ2v) is 10.6. The van der Waals surface area contributed by atoms with Crippen LogP contribution < -0.4 is 4.90 Å². The molecule has 2 aliphatic rings. The minimum Gasteiger partial charge on any atom is -0.444 e. The third kappa shape index (κ3) is 6.49. The van der Waals surface area contributed by atoms with E-state index in [2.05, 4.69) is 52.2 Å². The van der Waals surface area contributed by atoms with Crippen molar-refractivity contribution in [3.8, 4) is 6.07 Å². The highest BCUT2D eigenvalue weighted by atomic mass is 16.6. The molecule has 2 fully saturated rings. The summed E-state index contributed by atoms with van der Waals surface area (Å²) in [6, 6.07) is 10.8. The zero-order valence-corrected chi connectivity index (χ0v) is 21.3. The Kier molecular flexibility index (Phi) is 7.56. The largest absolute Gasteiger partial charge is 0.444 e. The molecule has 0 unspecified atom stereocenters. The molecular formula is C27H36N6O2. The molecule has 8 heteroatoms. The van der Waals surface area contributed by atoms with E-state index in [1.807, 2.05) is 25.7 Å². The molecule has 0 N–H and O–H groups in total. The number of amides is 1. The highest BCUT2D eigenvalue weighted by molar-refractivity contribution is 5.68. The lowest BCUT2D eigenvalue weighted by molar-refractivity contribution is 0.0205. The Morgan fingerprint density at radius 2 is 1.74 bits per heavy atom.